The molecule has 1 aliphatic heterocycles. The van der Waals surface area contributed by atoms with Crippen LogP contribution >= 0.6 is 23.4 Å². The Bertz CT molecular complexity index is 722. The van der Waals surface area contributed by atoms with E-state index in [1.165, 1.54) is 0 Å². The van der Waals surface area contributed by atoms with Crippen molar-refractivity contribution < 1.29 is 4.79 Å². The second-order valence-electron chi connectivity index (χ2n) is 5.95. The van der Waals surface area contributed by atoms with E-state index in [9.17, 15) is 4.79 Å². The van der Waals surface area contributed by atoms with Gasteiger partial charge in [0.2, 0.25) is 5.91 Å². The summed E-state index contributed by atoms with van der Waals surface area (Å²) in [6, 6.07) is 9.07. The van der Waals surface area contributed by atoms with E-state index in [4.69, 9.17) is 11.6 Å². The van der Waals surface area contributed by atoms with Crippen molar-refractivity contribution in [2.24, 2.45) is 0 Å². The highest BCUT2D eigenvalue weighted by atomic mass is 35.5. The van der Waals surface area contributed by atoms with Gasteiger partial charge in [-0.25, -0.2) is 9.97 Å². The van der Waals surface area contributed by atoms with Crippen LogP contribution in [0.3, 0.4) is 0 Å². The van der Waals surface area contributed by atoms with E-state index in [1.54, 1.807) is 30.6 Å². The molecule has 1 fully saturated rings. The van der Waals surface area contributed by atoms with Crippen LogP contribution in [-0.2, 0) is 4.79 Å². The van der Waals surface area contributed by atoms with Gasteiger partial charge in [-0.2, -0.15) is 11.8 Å². The molecule has 3 rings (SSSR count). The lowest BCUT2D eigenvalue weighted by Gasteiger charge is -2.27. The summed E-state index contributed by atoms with van der Waals surface area (Å²) < 4.78 is 0. The van der Waals surface area contributed by atoms with Crippen LogP contribution in [0.2, 0.25) is 5.02 Å². The molecule has 0 bridgehead atoms. The molecular weight excluding hydrogens is 370 g/mol. The van der Waals surface area contributed by atoms with Gasteiger partial charge in [0, 0.05) is 54.3 Å². The number of hydrogen-bond acceptors (Lipinski definition) is 6. The number of thioether (sulfide) groups is 1. The van der Waals surface area contributed by atoms with Gasteiger partial charge in [-0.3, -0.25) is 4.79 Å². The molecule has 1 aliphatic rings. The lowest BCUT2D eigenvalue weighted by Crippen LogP contribution is -2.33. The van der Waals surface area contributed by atoms with E-state index >= 15 is 0 Å². The Labute approximate surface area is 162 Å². The van der Waals surface area contributed by atoms with Crippen molar-refractivity contribution >= 4 is 46.6 Å². The van der Waals surface area contributed by atoms with Crippen molar-refractivity contribution in [2.75, 3.05) is 46.7 Å². The Morgan fingerprint density at radius 1 is 1.19 bits per heavy atom. The maximum absolute atomic E-state index is 12.0. The SMILES string of the molecule is O=C(CCCNc1cc(N2CCSCC2)ncn1)Nc1ccc(Cl)cc1. The standard InChI is InChI=1S/C18H22ClN5OS/c19-14-3-5-15(6-4-14)23-18(25)2-1-7-20-16-12-17(22-13-21-16)24-8-10-26-11-9-24/h3-6,12-13H,1-2,7-11H2,(H,23,25)(H,20,21,22). The molecule has 0 unspecified atom stereocenters. The molecule has 0 saturated carbocycles. The first-order valence-corrected chi connectivity index (χ1v) is 10.2. The Balaban J connectivity index is 1.40. The van der Waals surface area contributed by atoms with Crippen LogP contribution in [0.1, 0.15) is 12.8 Å². The highest BCUT2D eigenvalue weighted by Gasteiger charge is 2.12. The molecule has 2 N–H and O–H groups in total. The van der Waals surface area contributed by atoms with Crippen molar-refractivity contribution in [2.45, 2.75) is 12.8 Å². The molecule has 1 aromatic carbocycles. The summed E-state index contributed by atoms with van der Waals surface area (Å²) in [7, 11) is 0. The molecule has 138 valence electrons. The zero-order valence-corrected chi connectivity index (χ0v) is 16.0. The number of amides is 1. The average Bonchev–Trinajstić information content (AvgIpc) is 2.68. The first kappa shape index (κ1) is 18.8. The Hall–Kier alpha value is -1.99. The normalized spacial score (nSPS) is 14.1. The summed E-state index contributed by atoms with van der Waals surface area (Å²) in [4.78, 5) is 22.9. The zero-order chi connectivity index (χ0) is 18.2. The van der Waals surface area contributed by atoms with E-state index in [0.717, 1.165) is 48.3 Å². The van der Waals surface area contributed by atoms with Crippen LogP contribution in [-0.4, -0.2) is 47.0 Å². The van der Waals surface area contributed by atoms with Crippen LogP contribution < -0.4 is 15.5 Å². The molecular formula is C18H22ClN5OS. The zero-order valence-electron chi connectivity index (χ0n) is 14.4. The molecule has 26 heavy (non-hydrogen) atoms. The molecule has 0 spiro atoms. The van der Waals surface area contributed by atoms with Gasteiger partial charge >= 0.3 is 0 Å². The van der Waals surface area contributed by atoms with Crippen molar-refractivity contribution in [1.82, 2.24) is 9.97 Å². The number of anilines is 3. The van der Waals surface area contributed by atoms with Gasteiger partial charge in [-0.05, 0) is 30.7 Å². The van der Waals surface area contributed by atoms with E-state index in [1.807, 2.05) is 17.8 Å². The number of carbonyl (C=O) groups is 1. The maximum Gasteiger partial charge on any atom is 0.224 e. The average molecular weight is 392 g/mol. The molecule has 2 heterocycles. The second-order valence-corrected chi connectivity index (χ2v) is 7.61. The number of halogens is 1. The van der Waals surface area contributed by atoms with Crippen molar-refractivity contribution in [3.63, 3.8) is 0 Å². The predicted molar refractivity (Wildman–Crippen MR) is 109 cm³/mol. The van der Waals surface area contributed by atoms with E-state index < -0.39 is 0 Å². The minimum absolute atomic E-state index is 0.0108. The fraction of sp³-hybridized carbons (Fsp3) is 0.389. The first-order valence-electron chi connectivity index (χ1n) is 8.65. The number of benzene rings is 1. The maximum atomic E-state index is 12.0. The third-order valence-corrected chi connectivity index (χ3v) is 5.20. The largest absolute Gasteiger partial charge is 0.370 e. The first-order chi connectivity index (χ1) is 12.7. The number of aromatic nitrogens is 2. The van der Waals surface area contributed by atoms with Gasteiger partial charge in [0.1, 0.15) is 18.0 Å². The molecule has 0 radical (unpaired) electrons. The predicted octanol–water partition coefficient (Wildman–Crippen LogP) is 3.51. The van der Waals surface area contributed by atoms with Crippen molar-refractivity contribution in [1.29, 1.82) is 0 Å². The minimum Gasteiger partial charge on any atom is -0.370 e. The van der Waals surface area contributed by atoms with Crippen LogP contribution in [0.25, 0.3) is 0 Å². The van der Waals surface area contributed by atoms with Crippen molar-refractivity contribution in [3.8, 4) is 0 Å². The van der Waals surface area contributed by atoms with Crippen LogP contribution in [0.15, 0.2) is 36.7 Å². The number of carbonyl (C=O) groups excluding carboxylic acids is 1. The number of hydrogen-bond donors (Lipinski definition) is 2. The summed E-state index contributed by atoms with van der Waals surface area (Å²) >= 11 is 7.81. The fourth-order valence-electron chi connectivity index (χ4n) is 2.63. The highest BCUT2D eigenvalue weighted by molar-refractivity contribution is 7.99. The van der Waals surface area contributed by atoms with Crippen molar-refractivity contribution in [3.05, 3.63) is 41.7 Å². The van der Waals surface area contributed by atoms with Crippen LogP contribution in [0.4, 0.5) is 17.3 Å². The number of nitrogens with one attached hydrogen (secondary N) is 2. The van der Waals surface area contributed by atoms with Gasteiger partial charge in [0.25, 0.3) is 0 Å². The van der Waals surface area contributed by atoms with Gasteiger partial charge in [-0.15, -0.1) is 0 Å². The third-order valence-electron chi connectivity index (χ3n) is 4.00. The highest BCUT2D eigenvalue weighted by Crippen LogP contribution is 2.19. The topological polar surface area (TPSA) is 70.2 Å². The lowest BCUT2D eigenvalue weighted by atomic mass is 10.2. The molecule has 6 nitrogen and oxygen atoms in total. The third kappa shape index (κ3) is 5.78. The monoisotopic (exact) mass is 391 g/mol. The summed E-state index contributed by atoms with van der Waals surface area (Å²) in [5, 5.41) is 6.78. The summed E-state index contributed by atoms with van der Waals surface area (Å²) in [6.45, 7) is 2.72. The van der Waals surface area contributed by atoms with E-state index in [0.29, 0.717) is 18.0 Å². The Morgan fingerprint density at radius 2 is 1.96 bits per heavy atom. The molecule has 2 aromatic rings. The van der Waals surface area contributed by atoms with Gasteiger partial charge < -0.3 is 15.5 Å². The van der Waals surface area contributed by atoms with E-state index in [2.05, 4.69) is 25.5 Å². The smallest absolute Gasteiger partial charge is 0.224 e. The molecule has 1 aromatic heterocycles. The number of nitrogens with zero attached hydrogens (tertiary/aromatic N) is 3. The van der Waals surface area contributed by atoms with Gasteiger partial charge in [0.15, 0.2) is 0 Å². The number of rotatable bonds is 7. The lowest BCUT2D eigenvalue weighted by molar-refractivity contribution is -0.116. The molecule has 0 aliphatic carbocycles. The van der Waals surface area contributed by atoms with Gasteiger partial charge in [-0.1, -0.05) is 11.6 Å². The van der Waals surface area contributed by atoms with Gasteiger partial charge in [0.05, 0.1) is 0 Å². The van der Waals surface area contributed by atoms with Crippen LogP contribution in [0.5, 0.6) is 0 Å². The Kier molecular flexibility index (Phi) is 6.96. The fourth-order valence-corrected chi connectivity index (χ4v) is 3.66. The van der Waals surface area contributed by atoms with Crippen LogP contribution in [0, 0.1) is 0 Å². The Morgan fingerprint density at radius 3 is 2.73 bits per heavy atom. The molecule has 0 atom stereocenters. The summed E-state index contributed by atoms with van der Waals surface area (Å²) in [6.07, 6.45) is 2.75. The molecule has 1 saturated heterocycles. The molecule has 1 amide bonds. The second kappa shape index (κ2) is 9.64. The van der Waals surface area contributed by atoms with E-state index in [-0.39, 0.29) is 5.91 Å². The summed E-state index contributed by atoms with van der Waals surface area (Å²) in [5.41, 5.74) is 0.757. The quantitative estimate of drug-likeness (QED) is 0.704. The minimum atomic E-state index is -0.0108. The molecule has 8 heteroatoms. The summed E-state index contributed by atoms with van der Waals surface area (Å²) in [5.74, 6) is 4.02.